The van der Waals surface area contributed by atoms with Crippen molar-refractivity contribution < 1.29 is 32.2 Å². The number of hydrogen-bond acceptors (Lipinski definition) is 4. The Morgan fingerprint density at radius 1 is 1.03 bits per heavy atom. The maximum absolute atomic E-state index is 13.0. The molecule has 0 unspecified atom stereocenters. The van der Waals surface area contributed by atoms with E-state index in [4.69, 9.17) is 14.2 Å². The van der Waals surface area contributed by atoms with Crippen LogP contribution in [0.5, 0.6) is 17.2 Å². The highest BCUT2D eigenvalue weighted by atomic mass is 19.4. The first kappa shape index (κ1) is 21.8. The van der Waals surface area contributed by atoms with Crippen LogP contribution < -0.4 is 19.1 Å². The van der Waals surface area contributed by atoms with E-state index in [-0.39, 0.29) is 12.3 Å². The maximum atomic E-state index is 13.0. The minimum absolute atomic E-state index is 0.135. The Hall–Kier alpha value is -2.90. The van der Waals surface area contributed by atoms with E-state index in [2.05, 4.69) is 0 Å². The summed E-state index contributed by atoms with van der Waals surface area (Å²) in [6, 6.07) is 7.15. The lowest BCUT2D eigenvalue weighted by molar-refractivity contribution is -0.137. The Bertz CT molecular complexity index is 902. The quantitative estimate of drug-likeness (QED) is 0.679. The molecule has 0 radical (unpaired) electrons. The van der Waals surface area contributed by atoms with Crippen LogP contribution in [0.15, 0.2) is 30.3 Å². The zero-order valence-electron chi connectivity index (χ0n) is 17.1. The molecule has 5 nitrogen and oxygen atoms in total. The second kappa shape index (κ2) is 8.85. The van der Waals surface area contributed by atoms with E-state index in [9.17, 15) is 18.0 Å². The highest BCUT2D eigenvalue weighted by Gasteiger charge is 2.32. The number of benzene rings is 2. The molecular weight excluding hydrogens is 399 g/mol. The summed E-state index contributed by atoms with van der Waals surface area (Å²) in [5, 5.41) is 0. The number of methoxy groups -OCH3 is 3. The molecule has 1 amide bonds. The summed E-state index contributed by atoms with van der Waals surface area (Å²) in [5.41, 5.74) is 1.26. The van der Waals surface area contributed by atoms with Crippen molar-refractivity contribution in [3.05, 3.63) is 47.0 Å². The fourth-order valence-corrected chi connectivity index (χ4v) is 3.70. The Balaban J connectivity index is 1.77. The van der Waals surface area contributed by atoms with Gasteiger partial charge in [0.2, 0.25) is 11.7 Å². The smallest absolute Gasteiger partial charge is 0.416 e. The summed E-state index contributed by atoms with van der Waals surface area (Å²) >= 11 is 0. The molecule has 0 aromatic heterocycles. The van der Waals surface area contributed by atoms with E-state index in [1.807, 2.05) is 0 Å². The van der Waals surface area contributed by atoms with Crippen molar-refractivity contribution in [2.45, 2.75) is 31.9 Å². The van der Waals surface area contributed by atoms with E-state index in [0.717, 1.165) is 17.7 Å². The fourth-order valence-electron chi connectivity index (χ4n) is 3.70. The van der Waals surface area contributed by atoms with Crippen LogP contribution in [0.2, 0.25) is 0 Å². The molecule has 0 fully saturated rings. The first-order chi connectivity index (χ1) is 14.3. The molecule has 0 bridgehead atoms. The Kier molecular flexibility index (Phi) is 6.43. The lowest BCUT2D eigenvalue weighted by Crippen LogP contribution is -2.35. The number of nitrogens with zero attached hydrogens (tertiary/aromatic N) is 1. The molecule has 3 rings (SSSR count). The molecule has 2 aromatic rings. The molecule has 0 saturated heterocycles. The number of amides is 1. The number of alkyl halides is 3. The van der Waals surface area contributed by atoms with Crippen LogP contribution in [-0.4, -0.2) is 33.8 Å². The van der Waals surface area contributed by atoms with Crippen molar-refractivity contribution in [1.82, 2.24) is 0 Å². The van der Waals surface area contributed by atoms with Crippen molar-refractivity contribution in [3.8, 4) is 17.2 Å². The van der Waals surface area contributed by atoms with Gasteiger partial charge in [0.15, 0.2) is 11.5 Å². The largest absolute Gasteiger partial charge is 0.493 e. The van der Waals surface area contributed by atoms with Gasteiger partial charge in [0.25, 0.3) is 0 Å². The molecule has 0 aliphatic carbocycles. The number of halogens is 3. The zero-order valence-corrected chi connectivity index (χ0v) is 17.1. The normalized spacial score (nSPS) is 13.6. The average Bonchev–Trinajstić information content (AvgIpc) is 2.75. The van der Waals surface area contributed by atoms with Crippen molar-refractivity contribution in [3.63, 3.8) is 0 Å². The summed E-state index contributed by atoms with van der Waals surface area (Å²) in [6.07, 6.45) is -2.60. The average molecular weight is 423 g/mol. The van der Waals surface area contributed by atoms with Crippen molar-refractivity contribution in [1.29, 1.82) is 0 Å². The molecule has 0 atom stereocenters. The number of hydrogen-bond donors (Lipinski definition) is 0. The van der Waals surface area contributed by atoms with Gasteiger partial charge in [-0.25, -0.2) is 0 Å². The van der Waals surface area contributed by atoms with Crippen LogP contribution in [0, 0.1) is 0 Å². The number of carbonyl (C=O) groups is 1. The van der Waals surface area contributed by atoms with Crippen LogP contribution in [0.3, 0.4) is 0 Å². The van der Waals surface area contributed by atoms with E-state index in [0.29, 0.717) is 54.3 Å². The van der Waals surface area contributed by atoms with E-state index < -0.39 is 11.7 Å². The van der Waals surface area contributed by atoms with E-state index in [1.54, 1.807) is 17.0 Å². The Morgan fingerprint density at radius 3 is 2.27 bits per heavy atom. The van der Waals surface area contributed by atoms with Gasteiger partial charge in [-0.1, -0.05) is 0 Å². The van der Waals surface area contributed by atoms with E-state index >= 15 is 0 Å². The molecule has 0 N–H and O–H groups in total. The second-order valence-electron chi connectivity index (χ2n) is 7.02. The van der Waals surface area contributed by atoms with Crippen LogP contribution in [0.4, 0.5) is 18.9 Å². The number of anilines is 1. The van der Waals surface area contributed by atoms with Gasteiger partial charge in [0.1, 0.15) is 0 Å². The first-order valence-corrected chi connectivity index (χ1v) is 9.58. The number of rotatable bonds is 6. The monoisotopic (exact) mass is 423 g/mol. The molecule has 30 heavy (non-hydrogen) atoms. The number of fused-ring (bicyclic) bond motifs is 1. The number of ether oxygens (including phenoxy) is 3. The van der Waals surface area contributed by atoms with Crippen LogP contribution in [0.1, 0.15) is 29.5 Å². The molecule has 1 aliphatic rings. The molecule has 1 heterocycles. The lowest BCUT2D eigenvalue weighted by atomic mass is 9.98. The predicted octanol–water partition coefficient (Wildman–Crippen LogP) is 4.64. The van der Waals surface area contributed by atoms with Gasteiger partial charge < -0.3 is 19.1 Å². The van der Waals surface area contributed by atoms with Gasteiger partial charge >= 0.3 is 6.18 Å². The summed E-state index contributed by atoms with van der Waals surface area (Å²) in [7, 11) is 4.56. The zero-order chi connectivity index (χ0) is 21.9. The van der Waals surface area contributed by atoms with Gasteiger partial charge in [-0.05, 0) is 60.7 Å². The predicted molar refractivity (Wildman–Crippen MR) is 107 cm³/mol. The molecule has 162 valence electrons. The highest BCUT2D eigenvalue weighted by Crippen LogP contribution is 2.39. The third-order valence-electron chi connectivity index (χ3n) is 5.18. The van der Waals surface area contributed by atoms with Crippen LogP contribution >= 0.6 is 0 Å². The SMILES string of the molecule is COc1cc(CCC(=O)N2CCCc3cc(C(F)(F)F)ccc32)cc(OC)c1OC. The summed E-state index contributed by atoms with van der Waals surface area (Å²) in [4.78, 5) is 14.4. The molecule has 1 aliphatic heterocycles. The summed E-state index contributed by atoms with van der Waals surface area (Å²) < 4.78 is 54.9. The lowest BCUT2D eigenvalue weighted by Gasteiger charge is -2.30. The van der Waals surface area contributed by atoms with Gasteiger partial charge in [-0.3, -0.25) is 4.79 Å². The third kappa shape index (κ3) is 4.47. The minimum Gasteiger partial charge on any atom is -0.493 e. The van der Waals surface area contributed by atoms with Crippen LogP contribution in [-0.2, 0) is 23.8 Å². The van der Waals surface area contributed by atoms with Crippen molar-refractivity contribution >= 4 is 11.6 Å². The van der Waals surface area contributed by atoms with Gasteiger partial charge in [-0.15, -0.1) is 0 Å². The fraction of sp³-hybridized carbons (Fsp3) is 0.409. The topological polar surface area (TPSA) is 48.0 Å². The Labute approximate surface area is 173 Å². The van der Waals surface area contributed by atoms with Crippen molar-refractivity contribution in [2.75, 3.05) is 32.8 Å². The summed E-state index contributed by atoms with van der Waals surface area (Å²) in [5.74, 6) is 1.34. The highest BCUT2D eigenvalue weighted by molar-refractivity contribution is 5.94. The Morgan fingerprint density at radius 2 is 1.70 bits per heavy atom. The van der Waals surface area contributed by atoms with Crippen LogP contribution in [0.25, 0.3) is 0 Å². The molecular formula is C22H24F3NO4. The van der Waals surface area contributed by atoms with Gasteiger partial charge in [0, 0.05) is 18.7 Å². The molecule has 0 saturated carbocycles. The standard InChI is InChI=1S/C22H24F3NO4/c1-28-18-11-14(12-19(29-2)21(18)30-3)6-9-20(27)26-10-4-5-15-13-16(22(23,24)25)7-8-17(15)26/h7-8,11-13H,4-6,9-10H2,1-3H3. The summed E-state index contributed by atoms with van der Waals surface area (Å²) in [6.45, 7) is 0.493. The molecule has 8 heteroatoms. The second-order valence-corrected chi connectivity index (χ2v) is 7.02. The molecule has 0 spiro atoms. The number of aryl methyl sites for hydroxylation is 2. The first-order valence-electron chi connectivity index (χ1n) is 9.58. The number of carbonyl (C=O) groups excluding carboxylic acids is 1. The minimum atomic E-state index is -4.40. The van der Waals surface area contributed by atoms with Gasteiger partial charge in [-0.2, -0.15) is 13.2 Å². The third-order valence-corrected chi connectivity index (χ3v) is 5.18. The van der Waals surface area contributed by atoms with Gasteiger partial charge in [0.05, 0.1) is 26.9 Å². The van der Waals surface area contributed by atoms with E-state index in [1.165, 1.54) is 27.4 Å². The maximum Gasteiger partial charge on any atom is 0.416 e. The van der Waals surface area contributed by atoms with Crippen molar-refractivity contribution in [2.24, 2.45) is 0 Å². The molecule has 2 aromatic carbocycles.